The molecule has 0 aliphatic carbocycles. The van der Waals surface area contributed by atoms with Gasteiger partial charge in [0.1, 0.15) is 11.5 Å². The van der Waals surface area contributed by atoms with Gasteiger partial charge in [0.2, 0.25) is 5.95 Å². The number of morpholine rings is 1. The molecule has 3 N–H and O–H groups in total. The maximum absolute atomic E-state index is 13.2. The number of unbranched alkanes of at least 4 members (excludes halogenated alkanes) is 1. The average Bonchev–Trinajstić information content (AvgIpc) is 2.95. The highest BCUT2D eigenvalue weighted by molar-refractivity contribution is 6.06. The number of hydrogen-bond donors (Lipinski definition) is 3. The molecule has 1 aliphatic heterocycles. The Hall–Kier alpha value is -4.49. The molecule has 2 heterocycles. The topological polar surface area (TPSA) is 132 Å². The van der Waals surface area contributed by atoms with E-state index in [1.165, 1.54) is 0 Å². The Balaban J connectivity index is 1.48. The largest absolute Gasteiger partial charge is 0.378 e. The number of aromatic nitrogens is 2. The number of carbonyl (C=O) groups excluding carboxylic acids is 2. The predicted molar refractivity (Wildman–Crippen MR) is 147 cm³/mol. The van der Waals surface area contributed by atoms with E-state index in [0.717, 1.165) is 24.0 Å². The highest BCUT2D eigenvalue weighted by atomic mass is 16.5. The average molecular weight is 514 g/mol. The van der Waals surface area contributed by atoms with Gasteiger partial charge in [-0.15, -0.1) is 0 Å². The van der Waals surface area contributed by atoms with E-state index in [-0.39, 0.29) is 17.5 Å². The number of ether oxygens (including phenoxy) is 1. The van der Waals surface area contributed by atoms with E-state index in [2.05, 4.69) is 32.0 Å². The second kappa shape index (κ2) is 12.7. The van der Waals surface area contributed by atoms with Crippen molar-refractivity contribution in [2.75, 3.05) is 54.2 Å². The summed E-state index contributed by atoms with van der Waals surface area (Å²) in [7, 11) is 1.74. The maximum atomic E-state index is 13.2. The van der Waals surface area contributed by atoms with Crippen molar-refractivity contribution >= 4 is 35.0 Å². The third kappa shape index (κ3) is 6.83. The fourth-order valence-corrected chi connectivity index (χ4v) is 4.05. The lowest BCUT2D eigenvalue weighted by Gasteiger charge is -2.27. The van der Waals surface area contributed by atoms with Crippen LogP contribution in [0.4, 0.5) is 23.1 Å². The highest BCUT2D eigenvalue weighted by Gasteiger charge is 2.19. The number of nitriles is 1. The summed E-state index contributed by atoms with van der Waals surface area (Å²) in [5, 5.41) is 17.6. The Morgan fingerprint density at radius 2 is 1.87 bits per heavy atom. The second-order valence-corrected chi connectivity index (χ2v) is 8.94. The number of carbonyl (C=O) groups is 2. The fraction of sp³-hybridized carbons (Fsp3) is 0.321. The zero-order valence-electron chi connectivity index (χ0n) is 21.6. The molecule has 10 heteroatoms. The summed E-state index contributed by atoms with van der Waals surface area (Å²) >= 11 is 0. The standard InChI is InChI=1S/C28H31N7O3/c1-19-9-10-22(31-26(36)21-8-5-7-20(16-21)6-3-4-11-29)17-23(19)32-27(37)24-18-25(30-2)34-28(33-24)35-12-14-38-15-13-35/h5,7-10,16-18H,3-4,6,12-15H2,1-2H3,(H,31,36)(H,32,37)(H,30,33,34). The molecule has 38 heavy (non-hydrogen) atoms. The molecule has 1 saturated heterocycles. The van der Waals surface area contributed by atoms with Gasteiger partial charge in [0.25, 0.3) is 11.8 Å². The maximum Gasteiger partial charge on any atom is 0.274 e. The van der Waals surface area contributed by atoms with Gasteiger partial charge in [0.15, 0.2) is 0 Å². The van der Waals surface area contributed by atoms with Crippen LogP contribution in [0.15, 0.2) is 48.5 Å². The molecule has 10 nitrogen and oxygen atoms in total. The van der Waals surface area contributed by atoms with Crippen LogP contribution in [-0.4, -0.2) is 55.1 Å². The van der Waals surface area contributed by atoms with Crippen LogP contribution in [0.3, 0.4) is 0 Å². The Labute approximate surface area is 222 Å². The first-order valence-electron chi connectivity index (χ1n) is 12.6. The molecule has 196 valence electrons. The Bertz CT molecular complexity index is 1350. The molecule has 0 bridgehead atoms. The van der Waals surface area contributed by atoms with Gasteiger partial charge in [0, 0.05) is 49.6 Å². The molecule has 2 aromatic carbocycles. The van der Waals surface area contributed by atoms with Gasteiger partial charge in [-0.2, -0.15) is 10.2 Å². The van der Waals surface area contributed by atoms with Gasteiger partial charge in [-0.1, -0.05) is 18.2 Å². The minimum absolute atomic E-state index is 0.230. The summed E-state index contributed by atoms with van der Waals surface area (Å²) in [5.74, 6) is 0.380. The SMILES string of the molecule is CNc1cc(C(=O)Nc2cc(NC(=O)c3cccc(CCCC#N)c3)ccc2C)nc(N2CCOCC2)n1. The first-order chi connectivity index (χ1) is 18.5. The van der Waals surface area contributed by atoms with Crippen molar-refractivity contribution in [1.29, 1.82) is 5.26 Å². The molecular weight excluding hydrogens is 482 g/mol. The lowest BCUT2D eigenvalue weighted by atomic mass is 10.0. The van der Waals surface area contributed by atoms with Crippen molar-refractivity contribution in [2.45, 2.75) is 26.2 Å². The minimum Gasteiger partial charge on any atom is -0.378 e. The molecule has 0 atom stereocenters. The number of amides is 2. The third-order valence-electron chi connectivity index (χ3n) is 6.18. The van der Waals surface area contributed by atoms with E-state index in [1.807, 2.05) is 36.1 Å². The van der Waals surface area contributed by atoms with Gasteiger partial charge in [-0.25, -0.2) is 4.98 Å². The summed E-state index contributed by atoms with van der Waals surface area (Å²) in [4.78, 5) is 37.1. The summed E-state index contributed by atoms with van der Waals surface area (Å²) in [6.07, 6.45) is 1.97. The van der Waals surface area contributed by atoms with Crippen LogP contribution >= 0.6 is 0 Å². The Morgan fingerprint density at radius 1 is 1.05 bits per heavy atom. The lowest BCUT2D eigenvalue weighted by molar-refractivity contribution is 0.101. The van der Waals surface area contributed by atoms with Crippen LogP contribution in [0.5, 0.6) is 0 Å². The number of nitrogens with one attached hydrogen (secondary N) is 3. The molecular formula is C28H31N7O3. The van der Waals surface area contributed by atoms with Crippen molar-refractivity contribution in [1.82, 2.24) is 9.97 Å². The highest BCUT2D eigenvalue weighted by Crippen LogP contribution is 2.23. The second-order valence-electron chi connectivity index (χ2n) is 8.94. The number of nitrogens with zero attached hydrogens (tertiary/aromatic N) is 4. The van der Waals surface area contributed by atoms with Crippen LogP contribution in [-0.2, 0) is 11.2 Å². The van der Waals surface area contributed by atoms with Gasteiger partial charge in [-0.3, -0.25) is 9.59 Å². The molecule has 0 unspecified atom stereocenters. The van der Waals surface area contributed by atoms with E-state index in [0.29, 0.717) is 61.4 Å². The van der Waals surface area contributed by atoms with Gasteiger partial charge in [0.05, 0.1) is 19.3 Å². The van der Waals surface area contributed by atoms with Crippen LogP contribution < -0.4 is 20.9 Å². The Kier molecular flexibility index (Phi) is 8.85. The van der Waals surface area contributed by atoms with E-state index in [4.69, 9.17) is 10.00 Å². The Morgan fingerprint density at radius 3 is 2.63 bits per heavy atom. The number of rotatable bonds is 9. The summed E-state index contributed by atoms with van der Waals surface area (Å²) in [6, 6.07) is 16.5. The van der Waals surface area contributed by atoms with Gasteiger partial charge >= 0.3 is 0 Å². The van der Waals surface area contributed by atoms with Crippen LogP contribution in [0.2, 0.25) is 0 Å². The number of benzene rings is 2. The monoisotopic (exact) mass is 513 g/mol. The lowest BCUT2D eigenvalue weighted by Crippen LogP contribution is -2.37. The number of aryl methyl sites for hydroxylation is 2. The first kappa shape index (κ1) is 26.6. The number of hydrogen-bond acceptors (Lipinski definition) is 8. The van der Waals surface area contributed by atoms with Gasteiger partial charge in [-0.05, 0) is 55.2 Å². The quantitative estimate of drug-likeness (QED) is 0.366. The van der Waals surface area contributed by atoms with Crippen molar-refractivity contribution in [3.05, 3.63) is 70.9 Å². The predicted octanol–water partition coefficient (Wildman–Crippen LogP) is 4.01. The minimum atomic E-state index is -0.380. The van der Waals surface area contributed by atoms with Crippen molar-refractivity contribution in [3.8, 4) is 6.07 Å². The normalized spacial score (nSPS) is 12.9. The summed E-state index contributed by atoms with van der Waals surface area (Å²) in [6.45, 7) is 4.34. The smallest absolute Gasteiger partial charge is 0.274 e. The molecule has 1 fully saturated rings. The molecule has 3 aromatic rings. The van der Waals surface area contributed by atoms with E-state index in [1.54, 1.807) is 31.3 Å². The van der Waals surface area contributed by atoms with E-state index >= 15 is 0 Å². The number of anilines is 4. The molecule has 2 amide bonds. The zero-order valence-corrected chi connectivity index (χ0v) is 21.6. The third-order valence-corrected chi connectivity index (χ3v) is 6.18. The molecule has 0 spiro atoms. The first-order valence-corrected chi connectivity index (χ1v) is 12.6. The molecule has 4 rings (SSSR count). The zero-order chi connectivity index (χ0) is 26.9. The van der Waals surface area contributed by atoms with Crippen molar-refractivity contribution < 1.29 is 14.3 Å². The van der Waals surface area contributed by atoms with Crippen LogP contribution in [0.1, 0.15) is 44.8 Å². The summed E-state index contributed by atoms with van der Waals surface area (Å²) in [5.41, 5.74) is 3.72. The molecule has 0 saturated carbocycles. The fourth-order valence-electron chi connectivity index (χ4n) is 4.05. The molecule has 1 aromatic heterocycles. The molecule has 0 radical (unpaired) electrons. The van der Waals surface area contributed by atoms with E-state index in [9.17, 15) is 9.59 Å². The van der Waals surface area contributed by atoms with Crippen molar-refractivity contribution in [3.63, 3.8) is 0 Å². The van der Waals surface area contributed by atoms with Crippen LogP contribution in [0.25, 0.3) is 0 Å². The molecule has 1 aliphatic rings. The van der Waals surface area contributed by atoms with E-state index < -0.39 is 0 Å². The van der Waals surface area contributed by atoms with Crippen molar-refractivity contribution in [2.24, 2.45) is 0 Å². The summed E-state index contributed by atoms with van der Waals surface area (Å²) < 4.78 is 5.41. The van der Waals surface area contributed by atoms with Crippen LogP contribution in [0, 0.1) is 18.3 Å². The van der Waals surface area contributed by atoms with Gasteiger partial charge < -0.3 is 25.6 Å².